The Labute approximate surface area is 120 Å². The van der Waals surface area contributed by atoms with Crippen molar-refractivity contribution in [1.82, 2.24) is 5.32 Å². The van der Waals surface area contributed by atoms with Crippen LogP contribution in [0.2, 0.25) is 0 Å². The van der Waals surface area contributed by atoms with E-state index in [1.54, 1.807) is 11.8 Å². The summed E-state index contributed by atoms with van der Waals surface area (Å²) >= 11 is 1.68. The topological polar surface area (TPSA) is 38.3 Å². The van der Waals surface area contributed by atoms with Crippen LogP contribution in [0.5, 0.6) is 0 Å². The van der Waals surface area contributed by atoms with Crippen LogP contribution in [0.4, 0.5) is 0 Å². The second-order valence-corrected chi connectivity index (χ2v) is 6.00. The van der Waals surface area contributed by atoms with Crippen molar-refractivity contribution in [2.75, 3.05) is 19.9 Å². The molecule has 0 heterocycles. The summed E-state index contributed by atoms with van der Waals surface area (Å²) in [4.78, 5) is 13.3. The lowest BCUT2D eigenvalue weighted by Crippen LogP contribution is -2.48. The van der Waals surface area contributed by atoms with Crippen LogP contribution < -0.4 is 5.32 Å². The van der Waals surface area contributed by atoms with Crippen LogP contribution in [-0.2, 0) is 15.1 Å². The summed E-state index contributed by atoms with van der Waals surface area (Å²) in [6.45, 7) is 6.86. The molecule has 19 heavy (non-hydrogen) atoms. The Bertz CT molecular complexity index is 417. The van der Waals surface area contributed by atoms with E-state index in [1.807, 2.05) is 37.4 Å². The van der Waals surface area contributed by atoms with Crippen LogP contribution in [0.1, 0.15) is 26.3 Å². The number of thioether (sulfide) groups is 1. The average molecular weight is 281 g/mol. The summed E-state index contributed by atoms with van der Waals surface area (Å²) in [7, 11) is 1.42. The van der Waals surface area contributed by atoms with Gasteiger partial charge in [0.05, 0.1) is 7.11 Å². The van der Waals surface area contributed by atoms with Gasteiger partial charge in [-0.2, -0.15) is 0 Å². The number of hydrogen-bond donors (Lipinski definition) is 1. The van der Waals surface area contributed by atoms with Gasteiger partial charge in [-0.05, 0) is 43.3 Å². The summed E-state index contributed by atoms with van der Waals surface area (Å²) in [6, 6.07) is 8.02. The summed E-state index contributed by atoms with van der Waals surface area (Å²) in [5.41, 5.74) is 0.133. The number of hydrogen-bond acceptors (Lipinski definition) is 4. The zero-order valence-corrected chi connectivity index (χ0v) is 13.1. The van der Waals surface area contributed by atoms with Gasteiger partial charge in [0.2, 0.25) is 0 Å². The smallest absolute Gasteiger partial charge is 0.330 e. The number of methoxy groups -OCH3 is 1. The van der Waals surface area contributed by atoms with E-state index >= 15 is 0 Å². The van der Waals surface area contributed by atoms with Gasteiger partial charge in [-0.3, -0.25) is 5.32 Å². The van der Waals surface area contributed by atoms with E-state index < -0.39 is 5.54 Å². The zero-order chi connectivity index (χ0) is 14.5. The zero-order valence-electron chi connectivity index (χ0n) is 12.3. The SMILES string of the molecule is COC(=O)C(C)(NCC(C)C)c1ccc(SC)cc1. The highest BCUT2D eigenvalue weighted by atomic mass is 32.2. The van der Waals surface area contributed by atoms with E-state index in [4.69, 9.17) is 4.74 Å². The first-order valence-corrected chi connectivity index (χ1v) is 7.64. The van der Waals surface area contributed by atoms with E-state index in [2.05, 4.69) is 19.2 Å². The van der Waals surface area contributed by atoms with Crippen LogP contribution in [0.15, 0.2) is 29.2 Å². The molecule has 0 saturated heterocycles. The predicted octanol–water partition coefficient (Wildman–Crippen LogP) is 3.04. The van der Waals surface area contributed by atoms with Crippen molar-refractivity contribution in [1.29, 1.82) is 0 Å². The second-order valence-electron chi connectivity index (χ2n) is 5.12. The third-order valence-corrected chi connectivity index (χ3v) is 3.87. The van der Waals surface area contributed by atoms with Gasteiger partial charge < -0.3 is 4.74 Å². The highest BCUT2D eigenvalue weighted by molar-refractivity contribution is 7.98. The predicted molar refractivity (Wildman–Crippen MR) is 80.4 cm³/mol. The van der Waals surface area contributed by atoms with Crippen LogP contribution in [0.3, 0.4) is 0 Å². The molecular formula is C15H23NO2S. The van der Waals surface area contributed by atoms with Crippen molar-refractivity contribution >= 4 is 17.7 Å². The number of benzene rings is 1. The molecule has 0 saturated carbocycles. The minimum absolute atomic E-state index is 0.259. The molecule has 1 rings (SSSR count). The fourth-order valence-electron chi connectivity index (χ4n) is 1.83. The van der Waals surface area contributed by atoms with Crippen molar-refractivity contribution in [2.24, 2.45) is 5.92 Å². The Morgan fingerprint density at radius 2 is 1.95 bits per heavy atom. The molecule has 1 unspecified atom stereocenters. The molecule has 0 bridgehead atoms. The number of esters is 1. The summed E-state index contributed by atoms with van der Waals surface area (Å²) in [5, 5.41) is 3.32. The van der Waals surface area contributed by atoms with Crippen LogP contribution in [-0.4, -0.2) is 25.9 Å². The van der Waals surface area contributed by atoms with Crippen LogP contribution >= 0.6 is 11.8 Å². The first-order chi connectivity index (χ1) is 8.93. The normalized spacial score (nSPS) is 14.2. The van der Waals surface area contributed by atoms with Crippen LogP contribution in [0, 0.1) is 5.92 Å². The third kappa shape index (κ3) is 3.98. The molecule has 0 amide bonds. The fraction of sp³-hybridized carbons (Fsp3) is 0.533. The van der Waals surface area contributed by atoms with Crippen molar-refractivity contribution in [3.05, 3.63) is 29.8 Å². The first-order valence-electron chi connectivity index (χ1n) is 6.42. The Hall–Kier alpha value is -1.00. The molecule has 106 valence electrons. The van der Waals surface area contributed by atoms with Gasteiger partial charge in [0.25, 0.3) is 0 Å². The number of carbonyl (C=O) groups excluding carboxylic acids is 1. The Kier molecular flexibility index (Phi) is 5.88. The average Bonchev–Trinajstić information content (AvgIpc) is 2.43. The molecule has 1 aromatic rings. The molecule has 0 aromatic heterocycles. The van der Waals surface area contributed by atoms with E-state index in [9.17, 15) is 4.79 Å². The molecule has 0 aliphatic carbocycles. The van der Waals surface area contributed by atoms with E-state index in [0.29, 0.717) is 5.92 Å². The molecule has 0 aliphatic rings. The third-order valence-electron chi connectivity index (χ3n) is 3.12. The molecule has 0 aliphatic heterocycles. The quantitative estimate of drug-likeness (QED) is 0.642. The highest BCUT2D eigenvalue weighted by Crippen LogP contribution is 2.25. The fourth-order valence-corrected chi connectivity index (χ4v) is 2.24. The highest BCUT2D eigenvalue weighted by Gasteiger charge is 2.35. The van der Waals surface area contributed by atoms with Gasteiger partial charge >= 0.3 is 5.97 Å². The molecule has 0 spiro atoms. The molecule has 1 atom stereocenters. The number of ether oxygens (including phenoxy) is 1. The van der Waals surface area contributed by atoms with Gasteiger partial charge in [0.15, 0.2) is 0 Å². The summed E-state index contributed by atoms with van der Waals surface area (Å²) in [6.07, 6.45) is 2.03. The first kappa shape index (κ1) is 16.1. The molecule has 0 radical (unpaired) electrons. The lowest BCUT2D eigenvalue weighted by atomic mass is 9.91. The van der Waals surface area contributed by atoms with Gasteiger partial charge in [0, 0.05) is 4.90 Å². The number of nitrogens with one attached hydrogen (secondary N) is 1. The van der Waals surface area contributed by atoms with Crippen molar-refractivity contribution in [3.63, 3.8) is 0 Å². The maximum absolute atomic E-state index is 12.1. The molecule has 1 aromatic carbocycles. The van der Waals surface area contributed by atoms with Gasteiger partial charge in [-0.1, -0.05) is 26.0 Å². The minimum Gasteiger partial charge on any atom is -0.467 e. The van der Waals surface area contributed by atoms with Crippen molar-refractivity contribution in [2.45, 2.75) is 31.2 Å². The number of carbonyl (C=O) groups is 1. The monoisotopic (exact) mass is 281 g/mol. The van der Waals surface area contributed by atoms with Gasteiger partial charge in [-0.15, -0.1) is 11.8 Å². The molecule has 4 heteroatoms. The number of rotatable bonds is 6. The largest absolute Gasteiger partial charge is 0.467 e. The van der Waals surface area contributed by atoms with Crippen LogP contribution in [0.25, 0.3) is 0 Å². The van der Waals surface area contributed by atoms with Crippen molar-refractivity contribution in [3.8, 4) is 0 Å². The summed E-state index contributed by atoms with van der Waals surface area (Å²) < 4.78 is 4.95. The maximum Gasteiger partial charge on any atom is 0.330 e. The second kappa shape index (κ2) is 6.96. The van der Waals surface area contributed by atoms with E-state index in [-0.39, 0.29) is 5.97 Å². The van der Waals surface area contributed by atoms with Crippen molar-refractivity contribution < 1.29 is 9.53 Å². The molecule has 0 fully saturated rings. The summed E-state index contributed by atoms with van der Waals surface area (Å²) in [5.74, 6) is 0.208. The molecule has 1 N–H and O–H groups in total. The lowest BCUT2D eigenvalue weighted by Gasteiger charge is -2.29. The standard InChI is InChI=1S/C15H23NO2S/c1-11(2)10-16-15(3,14(17)18-4)12-6-8-13(19-5)9-7-12/h6-9,11,16H,10H2,1-5H3. The Morgan fingerprint density at radius 3 is 2.37 bits per heavy atom. The lowest BCUT2D eigenvalue weighted by molar-refractivity contribution is -0.148. The van der Waals surface area contributed by atoms with E-state index in [0.717, 1.165) is 12.1 Å². The molecular weight excluding hydrogens is 258 g/mol. The Balaban J connectivity index is 3.03. The maximum atomic E-state index is 12.1. The molecule has 3 nitrogen and oxygen atoms in total. The van der Waals surface area contributed by atoms with Gasteiger partial charge in [0.1, 0.15) is 5.54 Å². The Morgan fingerprint density at radius 1 is 1.37 bits per heavy atom. The van der Waals surface area contributed by atoms with E-state index in [1.165, 1.54) is 12.0 Å². The van der Waals surface area contributed by atoms with Gasteiger partial charge in [-0.25, -0.2) is 4.79 Å². The minimum atomic E-state index is -0.796.